The van der Waals surface area contributed by atoms with Gasteiger partial charge in [-0.1, -0.05) is 64.1 Å². The molecule has 2 aromatic rings. The molecule has 0 radical (unpaired) electrons. The smallest absolute Gasteiger partial charge is 0.150 e. The average molecular weight is 216 g/mol. The predicted octanol–water partition coefficient (Wildman–Crippen LogP) is 4.70. The highest BCUT2D eigenvalue weighted by molar-refractivity contribution is 5.88. The lowest BCUT2D eigenvalue weighted by Gasteiger charge is -1.96. The van der Waals surface area contributed by atoms with Gasteiger partial charge in [-0.15, -0.1) is 0 Å². The first-order valence-corrected chi connectivity index (χ1v) is 5.84. The van der Waals surface area contributed by atoms with E-state index >= 15 is 0 Å². The van der Waals surface area contributed by atoms with Crippen LogP contribution in [-0.2, 0) is 0 Å². The number of carbonyl (C=O) groups excluding carboxylic acids is 1. The number of carbonyl (C=O) groups is 1. The van der Waals surface area contributed by atoms with Crippen LogP contribution in [0.3, 0.4) is 0 Å². The van der Waals surface area contributed by atoms with Gasteiger partial charge in [0.2, 0.25) is 0 Å². The van der Waals surface area contributed by atoms with Gasteiger partial charge in [-0.2, -0.15) is 0 Å². The van der Waals surface area contributed by atoms with Crippen molar-refractivity contribution in [1.82, 2.24) is 0 Å². The van der Waals surface area contributed by atoms with Crippen molar-refractivity contribution in [1.29, 1.82) is 0 Å². The predicted molar refractivity (Wildman–Crippen MR) is 72.0 cm³/mol. The van der Waals surface area contributed by atoms with Gasteiger partial charge in [0.15, 0.2) is 0 Å². The van der Waals surface area contributed by atoms with Gasteiger partial charge < -0.3 is 0 Å². The second kappa shape index (κ2) is 8.66. The quantitative estimate of drug-likeness (QED) is 0.631. The fraction of sp³-hybridized carbons (Fsp3) is 0.267. The molecule has 2 aromatic carbocycles. The number of hydrogen-bond donors (Lipinski definition) is 0. The van der Waals surface area contributed by atoms with E-state index in [1.54, 1.807) is 0 Å². The lowest BCUT2D eigenvalue weighted by Crippen LogP contribution is -1.78. The molecule has 86 valence electrons. The van der Waals surface area contributed by atoms with Crippen LogP contribution < -0.4 is 0 Å². The van der Waals surface area contributed by atoms with E-state index in [-0.39, 0.29) is 0 Å². The average Bonchev–Trinajstić information content (AvgIpc) is 2.42. The largest absolute Gasteiger partial charge is 0.298 e. The molecule has 2 rings (SSSR count). The first-order valence-electron chi connectivity index (χ1n) is 5.84. The highest BCUT2D eigenvalue weighted by atomic mass is 16.1. The number of hydrogen-bond acceptors (Lipinski definition) is 1. The Morgan fingerprint density at radius 1 is 0.812 bits per heavy atom. The molecule has 0 aliphatic rings. The van der Waals surface area contributed by atoms with E-state index in [9.17, 15) is 4.79 Å². The zero-order valence-electron chi connectivity index (χ0n) is 10.5. The van der Waals surface area contributed by atoms with Crippen LogP contribution in [-0.4, -0.2) is 6.29 Å². The zero-order valence-corrected chi connectivity index (χ0v) is 10.5. The molecule has 0 atom stereocenters. The maximum Gasteiger partial charge on any atom is 0.150 e. The Kier molecular flexibility index (Phi) is 7.78. The van der Waals surface area contributed by atoms with Crippen LogP contribution in [0.1, 0.15) is 38.1 Å². The molecule has 1 heteroatoms. The molecule has 0 saturated carbocycles. The Balaban J connectivity index is 0.000000509. The summed E-state index contributed by atoms with van der Waals surface area (Å²) >= 11 is 0. The number of benzene rings is 2. The maximum absolute atomic E-state index is 10.5. The van der Waals surface area contributed by atoms with E-state index in [1.165, 1.54) is 5.39 Å². The zero-order chi connectivity index (χ0) is 12.4. The maximum atomic E-state index is 10.5. The van der Waals surface area contributed by atoms with E-state index in [0.717, 1.165) is 17.2 Å². The molecule has 0 spiro atoms. The van der Waals surface area contributed by atoms with Crippen molar-refractivity contribution in [2.24, 2.45) is 0 Å². The number of fused-ring (bicyclic) bond motifs is 1. The second-order valence-corrected chi connectivity index (χ2v) is 2.72. The molecular weight excluding hydrogens is 196 g/mol. The van der Waals surface area contributed by atoms with Crippen LogP contribution in [0.5, 0.6) is 0 Å². The van der Waals surface area contributed by atoms with Gasteiger partial charge in [0.05, 0.1) is 0 Å². The Bertz CT molecular complexity index is 418. The lowest BCUT2D eigenvalue weighted by atomic mass is 10.1. The summed E-state index contributed by atoms with van der Waals surface area (Å²) in [5.74, 6) is 0. The fourth-order valence-corrected chi connectivity index (χ4v) is 1.28. The van der Waals surface area contributed by atoms with Gasteiger partial charge in [0.1, 0.15) is 6.29 Å². The molecule has 0 aromatic heterocycles. The summed E-state index contributed by atoms with van der Waals surface area (Å²) < 4.78 is 0. The van der Waals surface area contributed by atoms with Crippen molar-refractivity contribution in [2.45, 2.75) is 27.7 Å². The van der Waals surface area contributed by atoms with Gasteiger partial charge >= 0.3 is 0 Å². The van der Waals surface area contributed by atoms with Crippen molar-refractivity contribution in [3.63, 3.8) is 0 Å². The van der Waals surface area contributed by atoms with E-state index in [2.05, 4.69) is 0 Å². The molecule has 0 heterocycles. The van der Waals surface area contributed by atoms with Gasteiger partial charge in [0, 0.05) is 5.56 Å². The molecule has 0 fully saturated rings. The molecule has 0 aliphatic heterocycles. The minimum atomic E-state index is 0.730. The SMILES string of the molecule is CC.CC.O=Cc1ccc2ccccc2c1. The summed E-state index contributed by atoms with van der Waals surface area (Å²) in [7, 11) is 0. The van der Waals surface area contributed by atoms with E-state index in [0.29, 0.717) is 0 Å². The summed E-state index contributed by atoms with van der Waals surface area (Å²) in [6, 6.07) is 13.7. The minimum absolute atomic E-state index is 0.730. The van der Waals surface area contributed by atoms with Crippen molar-refractivity contribution in [3.05, 3.63) is 48.0 Å². The molecule has 0 N–H and O–H groups in total. The van der Waals surface area contributed by atoms with Crippen LogP contribution in [0.25, 0.3) is 10.8 Å². The number of aldehydes is 1. The second-order valence-electron chi connectivity index (χ2n) is 2.72. The monoisotopic (exact) mass is 216 g/mol. The Morgan fingerprint density at radius 3 is 1.94 bits per heavy atom. The van der Waals surface area contributed by atoms with Crippen molar-refractivity contribution in [3.8, 4) is 0 Å². The van der Waals surface area contributed by atoms with Crippen LogP contribution in [0.2, 0.25) is 0 Å². The summed E-state index contributed by atoms with van der Waals surface area (Å²) in [6.07, 6.45) is 0.867. The molecule has 0 amide bonds. The van der Waals surface area contributed by atoms with Gasteiger partial charge in [-0.3, -0.25) is 4.79 Å². The Hall–Kier alpha value is -1.63. The first-order chi connectivity index (χ1) is 7.90. The van der Waals surface area contributed by atoms with E-state index in [4.69, 9.17) is 0 Å². The number of rotatable bonds is 1. The molecule has 0 saturated heterocycles. The summed E-state index contributed by atoms with van der Waals surface area (Å²) in [5, 5.41) is 2.28. The van der Waals surface area contributed by atoms with Crippen molar-refractivity contribution in [2.75, 3.05) is 0 Å². The van der Waals surface area contributed by atoms with E-state index in [1.807, 2.05) is 70.2 Å². The highest BCUT2D eigenvalue weighted by Crippen LogP contribution is 2.14. The lowest BCUT2D eigenvalue weighted by molar-refractivity contribution is 0.112. The van der Waals surface area contributed by atoms with Gasteiger partial charge in [-0.25, -0.2) is 0 Å². The summed E-state index contributed by atoms with van der Waals surface area (Å²) in [5.41, 5.74) is 0.730. The Labute approximate surface area is 98.1 Å². The normalized spacial score (nSPS) is 8.25. The topological polar surface area (TPSA) is 17.1 Å². The third-order valence-corrected chi connectivity index (χ3v) is 1.91. The van der Waals surface area contributed by atoms with Crippen LogP contribution in [0, 0.1) is 0 Å². The fourth-order valence-electron chi connectivity index (χ4n) is 1.28. The summed E-state index contributed by atoms with van der Waals surface area (Å²) in [4.78, 5) is 10.5. The van der Waals surface area contributed by atoms with Gasteiger partial charge in [-0.05, 0) is 16.8 Å². The highest BCUT2D eigenvalue weighted by Gasteiger charge is 1.92. The summed E-state index contributed by atoms with van der Waals surface area (Å²) in [6.45, 7) is 8.00. The minimum Gasteiger partial charge on any atom is -0.298 e. The molecule has 16 heavy (non-hydrogen) atoms. The van der Waals surface area contributed by atoms with Crippen LogP contribution >= 0.6 is 0 Å². The first kappa shape index (κ1) is 14.4. The Morgan fingerprint density at radius 2 is 1.38 bits per heavy atom. The van der Waals surface area contributed by atoms with Crippen LogP contribution in [0.4, 0.5) is 0 Å². The van der Waals surface area contributed by atoms with Crippen molar-refractivity contribution >= 4 is 17.1 Å². The molecule has 0 unspecified atom stereocenters. The van der Waals surface area contributed by atoms with E-state index < -0.39 is 0 Å². The van der Waals surface area contributed by atoms with Crippen molar-refractivity contribution < 1.29 is 4.79 Å². The standard InChI is InChI=1S/C11H8O.2C2H6/c12-8-9-5-6-10-3-1-2-4-11(10)7-9;2*1-2/h1-8H;2*1-2H3. The molecule has 0 aliphatic carbocycles. The van der Waals surface area contributed by atoms with Gasteiger partial charge in [0.25, 0.3) is 0 Å². The van der Waals surface area contributed by atoms with Crippen LogP contribution in [0.15, 0.2) is 42.5 Å². The molecular formula is C15H20O. The molecule has 1 nitrogen and oxygen atoms in total. The third-order valence-electron chi connectivity index (χ3n) is 1.91. The molecule has 0 bridgehead atoms. The third kappa shape index (κ3) is 3.85.